The van der Waals surface area contributed by atoms with E-state index in [0.717, 1.165) is 29.9 Å². The fraction of sp³-hybridized carbons (Fsp3) is 0.333. The van der Waals surface area contributed by atoms with Gasteiger partial charge in [-0.1, -0.05) is 48.4 Å². The van der Waals surface area contributed by atoms with Gasteiger partial charge in [0, 0.05) is 17.7 Å². The summed E-state index contributed by atoms with van der Waals surface area (Å²) in [5.74, 6) is 0.798. The van der Waals surface area contributed by atoms with Crippen LogP contribution in [0.3, 0.4) is 0 Å². The predicted molar refractivity (Wildman–Crippen MR) is 75.1 cm³/mol. The van der Waals surface area contributed by atoms with Gasteiger partial charge in [0.05, 0.1) is 0 Å². The van der Waals surface area contributed by atoms with E-state index in [1.165, 1.54) is 11.1 Å². The summed E-state index contributed by atoms with van der Waals surface area (Å²) in [5.41, 5.74) is 4.50. The molecular weight excluding hydrogens is 244 g/mol. The Morgan fingerprint density at radius 1 is 1.06 bits per heavy atom. The largest absolute Gasteiger partial charge is 0.237 e. The van der Waals surface area contributed by atoms with E-state index in [9.17, 15) is 0 Å². The van der Waals surface area contributed by atoms with Gasteiger partial charge in [-0.2, -0.15) is 0 Å². The molecule has 94 valence electrons. The topological polar surface area (TPSA) is 25.8 Å². The van der Waals surface area contributed by atoms with Gasteiger partial charge < -0.3 is 0 Å². The average Bonchev–Trinajstić information content (AvgIpc) is 2.36. The third kappa shape index (κ3) is 2.88. The molecule has 2 nitrogen and oxygen atoms in total. The van der Waals surface area contributed by atoms with E-state index in [1.54, 1.807) is 0 Å². The molecule has 1 aromatic carbocycles. The van der Waals surface area contributed by atoms with Crippen molar-refractivity contribution in [2.75, 3.05) is 0 Å². The van der Waals surface area contributed by atoms with Crippen molar-refractivity contribution in [3.05, 3.63) is 57.6 Å². The van der Waals surface area contributed by atoms with Crippen LogP contribution >= 0.6 is 11.6 Å². The molecule has 0 spiro atoms. The van der Waals surface area contributed by atoms with Crippen molar-refractivity contribution in [2.24, 2.45) is 0 Å². The second-order valence-electron chi connectivity index (χ2n) is 4.52. The highest BCUT2D eigenvalue weighted by molar-refractivity contribution is 6.30. The average molecular weight is 261 g/mol. The molecule has 18 heavy (non-hydrogen) atoms. The van der Waals surface area contributed by atoms with Crippen LogP contribution in [0.5, 0.6) is 0 Å². The summed E-state index contributed by atoms with van der Waals surface area (Å²) < 4.78 is 0. The van der Waals surface area contributed by atoms with Crippen LogP contribution in [-0.4, -0.2) is 9.97 Å². The van der Waals surface area contributed by atoms with Crippen molar-refractivity contribution < 1.29 is 0 Å². The summed E-state index contributed by atoms with van der Waals surface area (Å²) in [6.07, 6.45) is 1.61. The molecule has 0 fully saturated rings. The number of hydrogen-bond acceptors (Lipinski definition) is 2. The molecule has 0 unspecified atom stereocenters. The zero-order chi connectivity index (χ0) is 13.1. The van der Waals surface area contributed by atoms with Crippen molar-refractivity contribution in [3.8, 4) is 0 Å². The van der Waals surface area contributed by atoms with E-state index < -0.39 is 0 Å². The molecule has 2 rings (SSSR count). The van der Waals surface area contributed by atoms with Crippen LogP contribution in [-0.2, 0) is 12.8 Å². The molecule has 1 heterocycles. The Balaban J connectivity index is 2.29. The summed E-state index contributed by atoms with van der Waals surface area (Å²) in [4.78, 5) is 8.93. The van der Waals surface area contributed by atoms with Gasteiger partial charge in [-0.15, -0.1) is 0 Å². The van der Waals surface area contributed by atoms with Crippen molar-refractivity contribution in [1.29, 1.82) is 0 Å². The number of rotatable bonds is 3. The molecule has 0 atom stereocenters. The fourth-order valence-corrected chi connectivity index (χ4v) is 2.10. The highest BCUT2D eigenvalue weighted by Gasteiger charge is 2.08. The van der Waals surface area contributed by atoms with Gasteiger partial charge >= 0.3 is 0 Å². The molecule has 2 aromatic rings. The summed E-state index contributed by atoms with van der Waals surface area (Å²) in [6.45, 7) is 6.14. The Labute approximate surface area is 113 Å². The number of aromatic nitrogens is 2. The normalized spacial score (nSPS) is 10.7. The number of nitrogens with zero attached hydrogens (tertiary/aromatic N) is 2. The molecule has 1 aromatic heterocycles. The van der Waals surface area contributed by atoms with Crippen LogP contribution in [0.1, 0.15) is 35.1 Å². The fourth-order valence-electron chi connectivity index (χ4n) is 1.89. The Morgan fingerprint density at radius 2 is 1.72 bits per heavy atom. The highest BCUT2D eigenvalue weighted by Crippen LogP contribution is 2.17. The van der Waals surface area contributed by atoms with Gasteiger partial charge in [0.1, 0.15) is 11.0 Å². The number of aryl methyl sites for hydroxylation is 2. The standard InChI is InChI=1S/C15H17ClN2/c1-4-13-11(3)15(16)18-14(17-13)9-12-7-5-10(2)6-8-12/h5-8H,4,9H2,1-3H3. The monoisotopic (exact) mass is 260 g/mol. The molecule has 0 radical (unpaired) electrons. The third-order valence-corrected chi connectivity index (χ3v) is 3.42. The van der Waals surface area contributed by atoms with E-state index >= 15 is 0 Å². The zero-order valence-corrected chi connectivity index (χ0v) is 11.8. The molecule has 0 saturated carbocycles. The van der Waals surface area contributed by atoms with Crippen LogP contribution in [0.4, 0.5) is 0 Å². The van der Waals surface area contributed by atoms with Gasteiger partial charge in [-0.25, -0.2) is 9.97 Å². The lowest BCUT2D eigenvalue weighted by Crippen LogP contribution is -2.03. The van der Waals surface area contributed by atoms with Crippen molar-refractivity contribution in [2.45, 2.75) is 33.6 Å². The lowest BCUT2D eigenvalue weighted by atomic mass is 10.1. The van der Waals surface area contributed by atoms with Crippen LogP contribution in [0.25, 0.3) is 0 Å². The highest BCUT2D eigenvalue weighted by atomic mass is 35.5. The lowest BCUT2D eigenvalue weighted by molar-refractivity contribution is 0.888. The third-order valence-electron chi connectivity index (χ3n) is 3.05. The first-order chi connectivity index (χ1) is 8.60. The Morgan fingerprint density at radius 3 is 2.33 bits per heavy atom. The summed E-state index contributed by atoms with van der Waals surface area (Å²) in [7, 11) is 0. The van der Waals surface area contributed by atoms with Crippen molar-refractivity contribution in [3.63, 3.8) is 0 Å². The van der Waals surface area contributed by atoms with Crippen molar-refractivity contribution in [1.82, 2.24) is 9.97 Å². The Kier molecular flexibility index (Phi) is 3.97. The Bertz CT molecular complexity index is 547. The molecule has 0 aliphatic heterocycles. The molecule has 0 saturated heterocycles. The summed E-state index contributed by atoms with van der Waals surface area (Å²) in [6, 6.07) is 8.42. The molecular formula is C15H17ClN2. The molecule has 3 heteroatoms. The first-order valence-electron chi connectivity index (χ1n) is 6.17. The zero-order valence-electron chi connectivity index (χ0n) is 11.0. The van der Waals surface area contributed by atoms with Crippen LogP contribution in [0.2, 0.25) is 5.15 Å². The predicted octanol–water partition coefficient (Wildman–Crippen LogP) is 3.90. The number of hydrogen-bond donors (Lipinski definition) is 0. The van der Waals surface area contributed by atoms with Crippen LogP contribution in [0.15, 0.2) is 24.3 Å². The minimum Gasteiger partial charge on any atom is -0.237 e. The number of benzene rings is 1. The van der Waals surface area contributed by atoms with E-state index in [-0.39, 0.29) is 0 Å². The van der Waals surface area contributed by atoms with Crippen molar-refractivity contribution >= 4 is 11.6 Å². The van der Waals surface area contributed by atoms with Gasteiger partial charge in [0.15, 0.2) is 0 Å². The van der Waals surface area contributed by atoms with Gasteiger partial charge in [-0.05, 0) is 25.8 Å². The van der Waals surface area contributed by atoms with E-state index in [1.807, 2.05) is 6.92 Å². The maximum Gasteiger partial charge on any atom is 0.135 e. The Hall–Kier alpha value is -1.41. The van der Waals surface area contributed by atoms with Gasteiger partial charge in [0.25, 0.3) is 0 Å². The second-order valence-corrected chi connectivity index (χ2v) is 4.88. The maximum absolute atomic E-state index is 6.14. The van der Waals surface area contributed by atoms with Gasteiger partial charge in [-0.3, -0.25) is 0 Å². The van der Waals surface area contributed by atoms with E-state index in [4.69, 9.17) is 11.6 Å². The summed E-state index contributed by atoms with van der Waals surface area (Å²) >= 11 is 6.14. The first kappa shape index (κ1) is 13.0. The number of halogens is 1. The molecule has 0 bridgehead atoms. The molecule has 0 aliphatic carbocycles. The lowest BCUT2D eigenvalue weighted by Gasteiger charge is -2.08. The second kappa shape index (κ2) is 5.49. The maximum atomic E-state index is 6.14. The van der Waals surface area contributed by atoms with E-state index in [2.05, 4.69) is 48.1 Å². The SMILES string of the molecule is CCc1nc(Cc2ccc(C)cc2)nc(Cl)c1C. The van der Waals surface area contributed by atoms with Crippen LogP contribution in [0, 0.1) is 13.8 Å². The molecule has 0 N–H and O–H groups in total. The summed E-state index contributed by atoms with van der Waals surface area (Å²) in [5, 5.41) is 0.573. The van der Waals surface area contributed by atoms with Crippen LogP contribution < -0.4 is 0 Å². The minimum atomic E-state index is 0.573. The quantitative estimate of drug-likeness (QED) is 0.783. The van der Waals surface area contributed by atoms with Gasteiger partial charge in [0.2, 0.25) is 0 Å². The molecule has 0 amide bonds. The first-order valence-corrected chi connectivity index (χ1v) is 6.55. The molecule has 0 aliphatic rings. The smallest absolute Gasteiger partial charge is 0.135 e. The van der Waals surface area contributed by atoms with E-state index in [0.29, 0.717) is 5.15 Å². The minimum absolute atomic E-state index is 0.573.